The minimum absolute atomic E-state index is 0.0674. The Kier molecular flexibility index (Phi) is 4.06. The summed E-state index contributed by atoms with van der Waals surface area (Å²) in [5, 5.41) is 8.17. The minimum atomic E-state index is -3.96. The Morgan fingerprint density at radius 2 is 1.92 bits per heavy atom. The zero-order valence-corrected chi connectivity index (χ0v) is 16.2. The number of hydrogen-bond acceptors (Lipinski definition) is 4. The average Bonchev–Trinajstić information content (AvgIpc) is 2.51. The monoisotopic (exact) mass is 398 g/mol. The molecule has 0 heterocycles. The van der Waals surface area contributed by atoms with Gasteiger partial charge < -0.3 is 10.1 Å². The predicted octanol–water partition coefficient (Wildman–Crippen LogP) is 2.86. The van der Waals surface area contributed by atoms with E-state index in [0.717, 1.165) is 25.7 Å². The van der Waals surface area contributed by atoms with Gasteiger partial charge in [-0.05, 0) is 68.6 Å². The number of sulfonamides is 1. The molecule has 142 valence electrons. The van der Waals surface area contributed by atoms with E-state index in [4.69, 9.17) is 21.5 Å². The van der Waals surface area contributed by atoms with E-state index in [1.807, 2.05) is 0 Å². The van der Waals surface area contributed by atoms with Gasteiger partial charge in [-0.1, -0.05) is 0 Å². The maximum absolute atomic E-state index is 13.1. The van der Waals surface area contributed by atoms with Crippen molar-refractivity contribution in [1.82, 2.24) is 0 Å². The third-order valence-electron chi connectivity index (χ3n) is 6.20. The number of alkyl halides is 1. The Morgan fingerprint density at radius 3 is 2.46 bits per heavy atom. The third-order valence-corrected chi connectivity index (χ3v) is 7.57. The van der Waals surface area contributed by atoms with Gasteiger partial charge in [-0.2, -0.15) is 0 Å². The normalized spacial score (nSPS) is 35.3. The van der Waals surface area contributed by atoms with Gasteiger partial charge in [-0.3, -0.25) is 4.79 Å². The number of halogens is 1. The Morgan fingerprint density at radius 1 is 1.27 bits per heavy atom. The highest BCUT2D eigenvalue weighted by Crippen LogP contribution is 2.64. The summed E-state index contributed by atoms with van der Waals surface area (Å²) in [5.74, 6) is 1.10. The number of nitrogens with two attached hydrogens (primary N) is 1. The van der Waals surface area contributed by atoms with Gasteiger partial charge in [-0.25, -0.2) is 13.6 Å². The van der Waals surface area contributed by atoms with Crippen LogP contribution < -0.4 is 15.2 Å². The van der Waals surface area contributed by atoms with Crippen molar-refractivity contribution in [3.63, 3.8) is 0 Å². The molecule has 4 saturated carbocycles. The van der Waals surface area contributed by atoms with Crippen LogP contribution in [0.5, 0.6) is 5.75 Å². The molecule has 0 aliphatic heterocycles. The van der Waals surface area contributed by atoms with Gasteiger partial charge in [0.15, 0.2) is 0 Å². The van der Waals surface area contributed by atoms with Crippen LogP contribution in [-0.2, 0) is 14.8 Å². The first kappa shape index (κ1) is 18.1. The lowest BCUT2D eigenvalue weighted by Gasteiger charge is -2.59. The fourth-order valence-corrected chi connectivity index (χ4v) is 7.07. The van der Waals surface area contributed by atoms with E-state index in [-0.39, 0.29) is 21.4 Å². The van der Waals surface area contributed by atoms with E-state index in [1.54, 1.807) is 6.07 Å². The molecule has 1 aromatic carbocycles. The number of carbonyl (C=O) groups excluding carboxylic acids is 1. The summed E-state index contributed by atoms with van der Waals surface area (Å²) < 4.78 is 28.6. The summed E-state index contributed by atoms with van der Waals surface area (Å²) in [6, 6.07) is 4.48. The molecule has 4 bridgehead atoms. The number of hydrogen-bond donors (Lipinski definition) is 2. The van der Waals surface area contributed by atoms with Crippen molar-refractivity contribution in [1.29, 1.82) is 0 Å². The summed E-state index contributed by atoms with van der Waals surface area (Å²) in [7, 11) is -2.58. The van der Waals surface area contributed by atoms with E-state index in [9.17, 15) is 13.2 Å². The topological polar surface area (TPSA) is 98.5 Å². The van der Waals surface area contributed by atoms with Crippen molar-refractivity contribution in [2.75, 3.05) is 12.4 Å². The molecule has 4 fully saturated rings. The fourth-order valence-electron chi connectivity index (χ4n) is 5.66. The van der Waals surface area contributed by atoms with Crippen molar-refractivity contribution in [3.05, 3.63) is 18.2 Å². The molecular formula is C18H23ClN2O4S. The van der Waals surface area contributed by atoms with Gasteiger partial charge in [0.2, 0.25) is 15.9 Å². The lowest BCUT2D eigenvalue weighted by atomic mass is 9.49. The van der Waals surface area contributed by atoms with Crippen LogP contribution in [-0.4, -0.2) is 26.3 Å². The molecule has 2 unspecified atom stereocenters. The van der Waals surface area contributed by atoms with Gasteiger partial charge in [0, 0.05) is 10.6 Å². The molecule has 4 aliphatic rings. The van der Waals surface area contributed by atoms with Gasteiger partial charge in [0.05, 0.1) is 12.5 Å². The number of methoxy groups -OCH3 is 1. The van der Waals surface area contributed by atoms with E-state index in [0.29, 0.717) is 23.9 Å². The van der Waals surface area contributed by atoms with Gasteiger partial charge in [0.1, 0.15) is 10.6 Å². The molecule has 0 saturated heterocycles. The number of primary sulfonamides is 1. The Hall–Kier alpha value is -1.31. The number of rotatable bonds is 4. The van der Waals surface area contributed by atoms with Crippen LogP contribution in [0.1, 0.15) is 38.5 Å². The van der Waals surface area contributed by atoms with E-state index >= 15 is 0 Å². The summed E-state index contributed by atoms with van der Waals surface area (Å²) in [5.41, 5.74) is -0.0488. The molecule has 0 radical (unpaired) electrons. The predicted molar refractivity (Wildman–Crippen MR) is 98.7 cm³/mol. The summed E-state index contributed by atoms with van der Waals surface area (Å²) in [6.07, 6.45) is 5.58. The number of anilines is 1. The molecule has 2 atom stereocenters. The first-order valence-electron chi connectivity index (χ1n) is 8.84. The first-order valence-corrected chi connectivity index (χ1v) is 10.8. The maximum atomic E-state index is 13.1. The highest BCUT2D eigenvalue weighted by molar-refractivity contribution is 7.89. The van der Waals surface area contributed by atoms with Crippen LogP contribution in [0, 0.1) is 17.3 Å². The van der Waals surface area contributed by atoms with Crippen LogP contribution >= 0.6 is 11.6 Å². The molecule has 6 nitrogen and oxygen atoms in total. The van der Waals surface area contributed by atoms with Crippen LogP contribution in [0.25, 0.3) is 0 Å². The largest absolute Gasteiger partial charge is 0.495 e. The van der Waals surface area contributed by atoms with Crippen molar-refractivity contribution < 1.29 is 17.9 Å². The Bertz CT molecular complexity index is 856. The number of amides is 1. The molecule has 4 aliphatic carbocycles. The SMILES string of the molecule is COc1ccc(NC(=O)C23CC4CC(CC(Cl)(C4)C2)C3)cc1S(N)(=O)=O. The molecular weight excluding hydrogens is 376 g/mol. The summed E-state index contributed by atoms with van der Waals surface area (Å²) in [4.78, 5) is 12.7. The highest BCUT2D eigenvalue weighted by atomic mass is 35.5. The average molecular weight is 399 g/mol. The van der Waals surface area contributed by atoms with E-state index < -0.39 is 15.4 Å². The second kappa shape index (κ2) is 5.84. The second-order valence-corrected chi connectivity index (χ2v) is 10.6. The van der Waals surface area contributed by atoms with Gasteiger partial charge >= 0.3 is 0 Å². The Balaban J connectivity index is 1.61. The lowest BCUT2D eigenvalue weighted by molar-refractivity contribution is -0.138. The molecule has 0 spiro atoms. The third kappa shape index (κ3) is 3.00. The molecule has 0 aromatic heterocycles. The van der Waals surface area contributed by atoms with Gasteiger partial charge in [0.25, 0.3) is 0 Å². The zero-order chi connectivity index (χ0) is 18.7. The highest BCUT2D eigenvalue weighted by Gasteiger charge is 2.60. The summed E-state index contributed by atoms with van der Waals surface area (Å²) >= 11 is 6.80. The zero-order valence-electron chi connectivity index (χ0n) is 14.6. The molecule has 8 heteroatoms. The molecule has 5 rings (SSSR count). The first-order chi connectivity index (χ1) is 12.1. The van der Waals surface area contributed by atoms with Crippen LogP contribution in [0.4, 0.5) is 5.69 Å². The molecule has 1 amide bonds. The fraction of sp³-hybridized carbons (Fsp3) is 0.611. The number of carbonyl (C=O) groups is 1. The van der Waals surface area contributed by atoms with Crippen molar-refractivity contribution in [2.24, 2.45) is 22.4 Å². The summed E-state index contributed by atoms with van der Waals surface area (Å²) in [6.45, 7) is 0. The molecule has 3 N–H and O–H groups in total. The van der Waals surface area contributed by atoms with Crippen LogP contribution in [0.3, 0.4) is 0 Å². The number of benzene rings is 1. The van der Waals surface area contributed by atoms with Gasteiger partial charge in [-0.15, -0.1) is 11.6 Å². The smallest absolute Gasteiger partial charge is 0.241 e. The van der Waals surface area contributed by atoms with E-state index in [2.05, 4.69) is 5.32 Å². The molecule has 26 heavy (non-hydrogen) atoms. The number of ether oxygens (including phenoxy) is 1. The molecule has 1 aromatic rings. The van der Waals surface area contributed by atoms with E-state index in [1.165, 1.54) is 25.7 Å². The minimum Gasteiger partial charge on any atom is -0.495 e. The van der Waals surface area contributed by atoms with Crippen molar-refractivity contribution >= 4 is 33.2 Å². The van der Waals surface area contributed by atoms with Crippen molar-refractivity contribution in [2.45, 2.75) is 48.3 Å². The quantitative estimate of drug-likeness (QED) is 0.762. The standard InChI is InChI=1S/C18H23ClN2O4S/c1-25-14-3-2-13(5-15(14)26(20,23)24)21-16(22)17-6-11-4-12(7-17)9-18(19,8-11)10-17/h2-3,5,11-12H,4,6-10H2,1H3,(H,21,22)(H2,20,23,24). The van der Waals surface area contributed by atoms with Crippen LogP contribution in [0.15, 0.2) is 23.1 Å². The van der Waals surface area contributed by atoms with Crippen LogP contribution in [0.2, 0.25) is 0 Å². The maximum Gasteiger partial charge on any atom is 0.241 e. The second-order valence-electron chi connectivity index (χ2n) is 8.26. The Labute approximate surface area is 158 Å². The van der Waals surface area contributed by atoms with Crippen molar-refractivity contribution in [3.8, 4) is 5.75 Å². The number of nitrogens with one attached hydrogen (secondary N) is 1. The lowest BCUT2D eigenvalue weighted by Crippen LogP contribution is -2.57.